The van der Waals surface area contributed by atoms with Crippen LogP contribution in [-0.2, 0) is 9.47 Å². The highest BCUT2D eigenvalue weighted by molar-refractivity contribution is 5.86. The van der Waals surface area contributed by atoms with Gasteiger partial charge in [-0.15, -0.1) is 0 Å². The number of nitrogens with zero attached hydrogens (tertiary/aromatic N) is 4. The highest BCUT2D eigenvalue weighted by Gasteiger charge is 2.43. The molecule has 8 nitrogen and oxygen atoms in total. The molecule has 0 radical (unpaired) electrons. The number of aliphatic hydroxyl groups is 1. The fourth-order valence-electron chi connectivity index (χ4n) is 4.54. The Kier molecular flexibility index (Phi) is 4.71. The van der Waals surface area contributed by atoms with E-state index < -0.39 is 12.2 Å². The molecule has 2 aromatic rings. The number of fused-ring (bicyclic) bond motifs is 2. The molecule has 31 heavy (non-hydrogen) atoms. The molecule has 5 atom stereocenters. The summed E-state index contributed by atoms with van der Waals surface area (Å²) >= 11 is 0. The number of nitrogens with two attached hydrogens (primary N) is 1. The lowest BCUT2D eigenvalue weighted by Crippen LogP contribution is -2.30. The second-order valence-corrected chi connectivity index (χ2v) is 8.75. The fraction of sp³-hybridized carbons (Fsp3) is 0.435. The zero-order valence-corrected chi connectivity index (χ0v) is 17.9. The molecule has 162 valence electrons. The van der Waals surface area contributed by atoms with Crippen molar-refractivity contribution >= 4 is 23.1 Å². The van der Waals surface area contributed by atoms with E-state index in [1.165, 1.54) is 11.9 Å². The number of anilines is 1. The molecular weight excluding hydrogens is 394 g/mol. The number of aliphatic imine (C=N–C) groups is 1. The number of nitrogen functional groups attached to an aromatic ring is 1. The quantitative estimate of drug-likeness (QED) is 0.785. The first-order chi connectivity index (χ1) is 14.9. The molecule has 0 bridgehead atoms. The van der Waals surface area contributed by atoms with Crippen LogP contribution in [0.25, 0.3) is 11.0 Å². The predicted molar refractivity (Wildman–Crippen MR) is 118 cm³/mol. The van der Waals surface area contributed by atoms with Crippen molar-refractivity contribution < 1.29 is 14.6 Å². The summed E-state index contributed by atoms with van der Waals surface area (Å²) in [6.07, 6.45) is 10.6. The summed E-state index contributed by atoms with van der Waals surface area (Å²) in [6, 6.07) is 1.87. The number of aliphatic hydroxyl groups excluding tert-OH is 1. The van der Waals surface area contributed by atoms with Gasteiger partial charge in [-0.2, -0.15) is 0 Å². The molecule has 4 heterocycles. The summed E-state index contributed by atoms with van der Waals surface area (Å²) in [5.41, 5.74) is 8.85. The number of hydrogen-bond acceptors (Lipinski definition) is 7. The molecule has 3 N–H and O–H groups in total. The smallest absolute Gasteiger partial charge is 0.147 e. The third-order valence-electron chi connectivity index (χ3n) is 6.88. The number of aromatic nitrogens is 3. The van der Waals surface area contributed by atoms with Crippen LogP contribution in [-0.4, -0.2) is 44.7 Å². The molecule has 0 spiro atoms. The van der Waals surface area contributed by atoms with Crippen molar-refractivity contribution in [2.75, 3.05) is 12.3 Å². The molecule has 1 fully saturated rings. The lowest BCUT2D eigenvalue weighted by Gasteiger charge is -2.35. The summed E-state index contributed by atoms with van der Waals surface area (Å²) in [5, 5.41) is 11.6. The first-order valence-corrected chi connectivity index (χ1v) is 10.6. The molecule has 0 aromatic carbocycles. The Morgan fingerprint density at radius 1 is 1.39 bits per heavy atom. The maximum Gasteiger partial charge on any atom is 0.147 e. The van der Waals surface area contributed by atoms with E-state index in [1.54, 1.807) is 0 Å². The van der Waals surface area contributed by atoms with Crippen LogP contribution in [0.3, 0.4) is 0 Å². The van der Waals surface area contributed by atoms with Crippen molar-refractivity contribution in [3.8, 4) is 0 Å². The van der Waals surface area contributed by atoms with Crippen LogP contribution in [0.5, 0.6) is 0 Å². The van der Waals surface area contributed by atoms with E-state index in [-0.39, 0.29) is 24.2 Å². The molecule has 3 aliphatic rings. The minimum atomic E-state index is -0.665. The Balaban J connectivity index is 1.30. The summed E-state index contributed by atoms with van der Waals surface area (Å²) in [5.74, 6) is 1.05. The van der Waals surface area contributed by atoms with Gasteiger partial charge in [0.2, 0.25) is 0 Å². The molecule has 0 amide bonds. The van der Waals surface area contributed by atoms with Gasteiger partial charge in [0.25, 0.3) is 0 Å². The fourth-order valence-corrected chi connectivity index (χ4v) is 4.54. The van der Waals surface area contributed by atoms with Gasteiger partial charge >= 0.3 is 0 Å². The number of allylic oxidation sites excluding steroid dienone is 4. The van der Waals surface area contributed by atoms with Crippen LogP contribution >= 0.6 is 0 Å². The first-order valence-electron chi connectivity index (χ1n) is 10.6. The highest BCUT2D eigenvalue weighted by atomic mass is 16.6. The third-order valence-corrected chi connectivity index (χ3v) is 6.88. The van der Waals surface area contributed by atoms with Gasteiger partial charge < -0.3 is 24.9 Å². The summed E-state index contributed by atoms with van der Waals surface area (Å²) < 4.78 is 14.2. The van der Waals surface area contributed by atoms with Crippen molar-refractivity contribution in [2.24, 2.45) is 16.3 Å². The molecule has 2 aliphatic heterocycles. The lowest BCUT2D eigenvalue weighted by molar-refractivity contribution is -0.0499. The van der Waals surface area contributed by atoms with Gasteiger partial charge in [0.05, 0.1) is 17.2 Å². The number of ether oxygens (including phenoxy) is 2. The largest absolute Gasteiger partial charge is 0.491 e. The van der Waals surface area contributed by atoms with E-state index in [9.17, 15) is 5.11 Å². The van der Waals surface area contributed by atoms with Crippen LogP contribution in [0.1, 0.15) is 33.4 Å². The molecule has 0 saturated carbocycles. The standard InChI is InChI=1S/C23H27N5O3/c1-13-5-8-25-18-10-15(4-7-23(13,18)3)30-11-17-19(29)14(2)22(31-17)28-9-6-16-20(24)26-12-27-21(16)28/h4-6,8-10,12,14,17,19,22,29H,7,11H2,1-3H3,(H2,24,26,27)/t14-,17-,19+,22-,23?/m1/s1. The Morgan fingerprint density at radius 3 is 3.06 bits per heavy atom. The molecule has 1 unspecified atom stereocenters. The number of dihydropyridines is 1. The Morgan fingerprint density at radius 2 is 2.23 bits per heavy atom. The second-order valence-electron chi connectivity index (χ2n) is 8.75. The monoisotopic (exact) mass is 421 g/mol. The van der Waals surface area contributed by atoms with Crippen LogP contribution < -0.4 is 5.73 Å². The SMILES string of the molecule is CC1=CC=NC2=CC(OC[C@H]3O[C@@H](n4ccc5c(N)ncnc54)[C@H](C)[C@@H]3O)=CCC12C. The molecular formula is C23H27N5O3. The van der Waals surface area contributed by atoms with Gasteiger partial charge in [0, 0.05) is 29.8 Å². The topological polar surface area (TPSA) is 108 Å². The zero-order valence-electron chi connectivity index (χ0n) is 17.9. The zero-order chi connectivity index (χ0) is 21.8. The van der Waals surface area contributed by atoms with Crippen molar-refractivity contribution in [1.29, 1.82) is 0 Å². The summed E-state index contributed by atoms with van der Waals surface area (Å²) in [4.78, 5) is 12.9. The highest BCUT2D eigenvalue weighted by Crippen LogP contribution is 2.45. The Labute approximate surface area is 180 Å². The lowest BCUT2D eigenvalue weighted by atomic mass is 9.73. The van der Waals surface area contributed by atoms with E-state index in [4.69, 9.17) is 15.2 Å². The van der Waals surface area contributed by atoms with Gasteiger partial charge in [-0.1, -0.05) is 12.5 Å². The minimum absolute atomic E-state index is 0.0796. The average molecular weight is 422 g/mol. The Bertz CT molecular complexity index is 1150. The van der Waals surface area contributed by atoms with E-state index in [1.807, 2.05) is 36.0 Å². The molecule has 5 rings (SSSR count). The van der Waals surface area contributed by atoms with Crippen molar-refractivity contribution in [2.45, 2.75) is 45.6 Å². The average Bonchev–Trinajstić information content (AvgIpc) is 3.30. The first kappa shape index (κ1) is 20.0. The number of rotatable bonds is 4. The number of hydrogen-bond donors (Lipinski definition) is 2. The van der Waals surface area contributed by atoms with Gasteiger partial charge in [0.15, 0.2) is 0 Å². The van der Waals surface area contributed by atoms with E-state index in [2.05, 4.69) is 41.0 Å². The van der Waals surface area contributed by atoms with Gasteiger partial charge in [-0.3, -0.25) is 4.99 Å². The summed E-state index contributed by atoms with van der Waals surface area (Å²) in [7, 11) is 0. The van der Waals surface area contributed by atoms with E-state index >= 15 is 0 Å². The van der Waals surface area contributed by atoms with Crippen LogP contribution in [0, 0.1) is 11.3 Å². The van der Waals surface area contributed by atoms with E-state index in [0.29, 0.717) is 11.5 Å². The maximum atomic E-state index is 10.8. The molecule has 8 heteroatoms. The molecule has 1 saturated heterocycles. The minimum Gasteiger partial charge on any atom is -0.491 e. The Hall–Kier alpha value is -2.97. The molecule has 1 aliphatic carbocycles. The van der Waals surface area contributed by atoms with Crippen molar-refractivity contribution in [3.63, 3.8) is 0 Å². The van der Waals surface area contributed by atoms with Crippen molar-refractivity contribution in [1.82, 2.24) is 14.5 Å². The van der Waals surface area contributed by atoms with Crippen LogP contribution in [0.4, 0.5) is 5.82 Å². The van der Waals surface area contributed by atoms with Crippen LogP contribution in [0.2, 0.25) is 0 Å². The van der Waals surface area contributed by atoms with Crippen molar-refractivity contribution in [3.05, 3.63) is 53.8 Å². The van der Waals surface area contributed by atoms with Gasteiger partial charge in [0.1, 0.15) is 42.5 Å². The molecule has 2 aromatic heterocycles. The predicted octanol–water partition coefficient (Wildman–Crippen LogP) is 3.13. The van der Waals surface area contributed by atoms with E-state index in [0.717, 1.165) is 23.3 Å². The maximum absolute atomic E-state index is 10.8. The summed E-state index contributed by atoms with van der Waals surface area (Å²) in [6.45, 7) is 6.54. The normalized spacial score (nSPS) is 32.5. The third kappa shape index (κ3) is 3.18. The van der Waals surface area contributed by atoms with Gasteiger partial charge in [-0.25, -0.2) is 9.97 Å². The second kappa shape index (κ2) is 7.32. The van der Waals surface area contributed by atoms with Crippen LogP contribution in [0.15, 0.2) is 58.8 Å². The van der Waals surface area contributed by atoms with Gasteiger partial charge in [-0.05, 0) is 38.5 Å².